The second-order valence-corrected chi connectivity index (χ2v) is 5.70. The highest BCUT2D eigenvalue weighted by atomic mass is 35.5. The molecule has 9 heteroatoms. The summed E-state index contributed by atoms with van der Waals surface area (Å²) in [5.41, 5.74) is 1.18. The van der Waals surface area contributed by atoms with E-state index in [1.165, 1.54) is 12.1 Å². The molecule has 0 aliphatic carbocycles. The number of non-ortho nitro benzene ring substituents is 1. The number of benzene rings is 2. The Morgan fingerprint density at radius 2 is 1.92 bits per heavy atom. The summed E-state index contributed by atoms with van der Waals surface area (Å²) >= 11 is 11.9. The van der Waals surface area contributed by atoms with Crippen LogP contribution < -0.4 is 5.32 Å². The number of nitrogens with one attached hydrogen (secondary N) is 1. The SMILES string of the molecule is O=[N+]([O-])c1cccc(-c2noc(CNc3cc(Cl)cc(Cl)c3)n2)c1. The Bertz CT molecular complexity index is 878. The zero-order chi connectivity index (χ0) is 17.1. The molecule has 0 spiro atoms. The van der Waals surface area contributed by atoms with Crippen molar-refractivity contribution in [1.29, 1.82) is 0 Å². The van der Waals surface area contributed by atoms with E-state index in [-0.39, 0.29) is 18.1 Å². The summed E-state index contributed by atoms with van der Waals surface area (Å²) in [7, 11) is 0. The van der Waals surface area contributed by atoms with Gasteiger partial charge in [0.05, 0.1) is 11.5 Å². The number of halogens is 2. The molecule has 0 atom stereocenters. The highest BCUT2D eigenvalue weighted by molar-refractivity contribution is 6.35. The first-order chi connectivity index (χ1) is 11.5. The van der Waals surface area contributed by atoms with Crippen molar-refractivity contribution in [3.05, 3.63) is 68.5 Å². The first-order valence-electron chi connectivity index (χ1n) is 6.78. The Kier molecular flexibility index (Phi) is 4.64. The first kappa shape index (κ1) is 16.2. The number of rotatable bonds is 5. The van der Waals surface area contributed by atoms with Crippen molar-refractivity contribution in [1.82, 2.24) is 10.1 Å². The van der Waals surface area contributed by atoms with Crippen molar-refractivity contribution in [2.45, 2.75) is 6.54 Å². The molecular weight excluding hydrogens is 355 g/mol. The van der Waals surface area contributed by atoms with Crippen LogP contribution in [0.15, 0.2) is 47.0 Å². The van der Waals surface area contributed by atoms with Crippen LogP contribution in [0.3, 0.4) is 0 Å². The molecule has 0 fully saturated rings. The maximum Gasteiger partial charge on any atom is 0.270 e. The molecule has 1 heterocycles. The van der Waals surface area contributed by atoms with Crippen molar-refractivity contribution in [3.63, 3.8) is 0 Å². The fourth-order valence-electron chi connectivity index (χ4n) is 2.04. The van der Waals surface area contributed by atoms with Gasteiger partial charge in [0.25, 0.3) is 5.69 Å². The Labute approximate surface area is 146 Å². The second-order valence-electron chi connectivity index (χ2n) is 4.83. The molecule has 0 saturated carbocycles. The summed E-state index contributed by atoms with van der Waals surface area (Å²) in [6.07, 6.45) is 0. The lowest BCUT2D eigenvalue weighted by atomic mass is 10.2. The minimum atomic E-state index is -0.477. The van der Waals surface area contributed by atoms with Crippen LogP contribution in [0.5, 0.6) is 0 Å². The van der Waals surface area contributed by atoms with E-state index >= 15 is 0 Å². The number of nitrogens with zero attached hydrogens (tertiary/aromatic N) is 3. The van der Waals surface area contributed by atoms with Gasteiger partial charge in [-0.3, -0.25) is 10.1 Å². The number of hydrogen-bond acceptors (Lipinski definition) is 6. The fraction of sp³-hybridized carbons (Fsp3) is 0.0667. The van der Waals surface area contributed by atoms with Gasteiger partial charge in [0.1, 0.15) is 0 Å². The molecule has 0 amide bonds. The second kappa shape index (κ2) is 6.86. The summed E-state index contributed by atoms with van der Waals surface area (Å²) < 4.78 is 5.14. The number of hydrogen-bond donors (Lipinski definition) is 1. The molecule has 0 aliphatic heterocycles. The molecule has 3 rings (SSSR count). The minimum absolute atomic E-state index is 0.0365. The van der Waals surface area contributed by atoms with Gasteiger partial charge < -0.3 is 9.84 Å². The highest BCUT2D eigenvalue weighted by Crippen LogP contribution is 2.24. The van der Waals surface area contributed by atoms with Crippen LogP contribution in [0.4, 0.5) is 11.4 Å². The summed E-state index contributed by atoms with van der Waals surface area (Å²) in [6.45, 7) is 0.262. The van der Waals surface area contributed by atoms with Crippen LogP contribution in [0.25, 0.3) is 11.4 Å². The van der Waals surface area contributed by atoms with E-state index in [0.29, 0.717) is 27.2 Å². The molecule has 24 heavy (non-hydrogen) atoms. The van der Waals surface area contributed by atoms with Crippen LogP contribution in [-0.2, 0) is 6.54 Å². The molecule has 0 radical (unpaired) electrons. The van der Waals surface area contributed by atoms with Crippen molar-refractivity contribution in [2.75, 3.05) is 5.32 Å². The normalized spacial score (nSPS) is 10.6. The molecule has 1 aromatic heterocycles. The third-order valence-corrected chi connectivity index (χ3v) is 3.53. The lowest BCUT2D eigenvalue weighted by Crippen LogP contribution is -1.99. The molecule has 3 aromatic rings. The lowest BCUT2D eigenvalue weighted by Gasteiger charge is -2.04. The molecule has 122 valence electrons. The summed E-state index contributed by atoms with van der Waals surface area (Å²) in [5.74, 6) is 0.604. The number of aromatic nitrogens is 2. The average Bonchev–Trinajstić information content (AvgIpc) is 3.01. The summed E-state index contributed by atoms with van der Waals surface area (Å²) in [5, 5.41) is 18.7. The van der Waals surface area contributed by atoms with E-state index in [4.69, 9.17) is 27.7 Å². The Hall–Kier alpha value is -2.64. The molecule has 0 unspecified atom stereocenters. The monoisotopic (exact) mass is 364 g/mol. The molecule has 0 bridgehead atoms. The van der Waals surface area contributed by atoms with E-state index in [1.54, 1.807) is 30.3 Å². The zero-order valence-corrected chi connectivity index (χ0v) is 13.6. The summed E-state index contributed by atoms with van der Waals surface area (Å²) in [6, 6.07) is 11.1. The van der Waals surface area contributed by atoms with E-state index in [0.717, 1.165) is 0 Å². The van der Waals surface area contributed by atoms with Gasteiger partial charge in [-0.1, -0.05) is 40.5 Å². The average molecular weight is 365 g/mol. The van der Waals surface area contributed by atoms with Gasteiger partial charge in [-0.25, -0.2) is 0 Å². The van der Waals surface area contributed by atoms with E-state index in [9.17, 15) is 10.1 Å². The Balaban J connectivity index is 1.74. The molecule has 0 aliphatic rings. The largest absolute Gasteiger partial charge is 0.376 e. The first-order valence-corrected chi connectivity index (χ1v) is 7.54. The van der Waals surface area contributed by atoms with Crippen molar-refractivity contribution in [2.24, 2.45) is 0 Å². The smallest absolute Gasteiger partial charge is 0.270 e. The summed E-state index contributed by atoms with van der Waals surface area (Å²) in [4.78, 5) is 14.5. The van der Waals surface area contributed by atoms with E-state index in [1.807, 2.05) is 0 Å². The fourth-order valence-corrected chi connectivity index (χ4v) is 2.56. The van der Waals surface area contributed by atoms with Gasteiger partial charge in [0.2, 0.25) is 11.7 Å². The van der Waals surface area contributed by atoms with Crippen LogP contribution in [0.2, 0.25) is 10.0 Å². The van der Waals surface area contributed by atoms with Crippen LogP contribution in [0, 0.1) is 10.1 Å². The van der Waals surface area contributed by atoms with Crippen molar-refractivity contribution < 1.29 is 9.45 Å². The Morgan fingerprint density at radius 1 is 1.17 bits per heavy atom. The van der Waals surface area contributed by atoms with Gasteiger partial charge in [0.15, 0.2) is 0 Å². The van der Waals surface area contributed by atoms with Crippen molar-refractivity contribution >= 4 is 34.6 Å². The van der Waals surface area contributed by atoms with Gasteiger partial charge in [-0.2, -0.15) is 4.98 Å². The van der Waals surface area contributed by atoms with Gasteiger partial charge in [-0.05, 0) is 18.2 Å². The molecular formula is C15H10Cl2N4O3. The van der Waals surface area contributed by atoms with Gasteiger partial charge in [0, 0.05) is 33.4 Å². The maximum absolute atomic E-state index is 10.8. The van der Waals surface area contributed by atoms with Crippen LogP contribution in [0.1, 0.15) is 5.89 Å². The Morgan fingerprint density at radius 3 is 2.62 bits per heavy atom. The molecule has 1 N–H and O–H groups in total. The lowest BCUT2D eigenvalue weighted by molar-refractivity contribution is -0.384. The predicted octanol–water partition coefficient (Wildman–Crippen LogP) is 4.56. The number of anilines is 1. The zero-order valence-electron chi connectivity index (χ0n) is 12.1. The van der Waals surface area contributed by atoms with Crippen LogP contribution in [-0.4, -0.2) is 15.1 Å². The maximum atomic E-state index is 10.8. The van der Waals surface area contributed by atoms with Gasteiger partial charge >= 0.3 is 0 Å². The number of nitro groups is 1. The predicted molar refractivity (Wildman–Crippen MR) is 90.2 cm³/mol. The highest BCUT2D eigenvalue weighted by Gasteiger charge is 2.12. The molecule has 2 aromatic carbocycles. The van der Waals surface area contributed by atoms with Crippen LogP contribution >= 0.6 is 23.2 Å². The quantitative estimate of drug-likeness (QED) is 0.526. The molecule has 7 nitrogen and oxygen atoms in total. The van der Waals surface area contributed by atoms with E-state index in [2.05, 4.69) is 15.5 Å². The minimum Gasteiger partial charge on any atom is -0.376 e. The standard InChI is InChI=1S/C15H10Cl2N4O3/c16-10-5-11(17)7-12(6-10)18-8-14-19-15(20-24-14)9-2-1-3-13(4-9)21(22)23/h1-7,18H,8H2. The topological polar surface area (TPSA) is 94.1 Å². The number of nitro benzene ring substituents is 1. The third kappa shape index (κ3) is 3.81. The molecule has 0 saturated heterocycles. The van der Waals surface area contributed by atoms with E-state index < -0.39 is 4.92 Å². The van der Waals surface area contributed by atoms with Gasteiger partial charge in [-0.15, -0.1) is 0 Å². The van der Waals surface area contributed by atoms with Crippen molar-refractivity contribution in [3.8, 4) is 11.4 Å². The third-order valence-electron chi connectivity index (χ3n) is 3.09.